The van der Waals surface area contributed by atoms with Crippen molar-refractivity contribution in [1.29, 1.82) is 0 Å². The molecule has 1 unspecified atom stereocenters. The molecule has 4 rings (SSSR count). The topological polar surface area (TPSA) is 84.1 Å². The number of benzene rings is 2. The van der Waals surface area contributed by atoms with Gasteiger partial charge in [0.15, 0.2) is 11.5 Å². The van der Waals surface area contributed by atoms with E-state index in [1.54, 1.807) is 0 Å². The summed E-state index contributed by atoms with van der Waals surface area (Å²) in [5.41, 5.74) is 2.37. The molecule has 1 N–H and O–H groups in total. The smallest absolute Gasteiger partial charge is 0.416 e. The molecule has 0 amide bonds. The predicted molar refractivity (Wildman–Crippen MR) is 136 cm³/mol. The van der Waals surface area contributed by atoms with Crippen molar-refractivity contribution in [3.8, 4) is 11.4 Å². The highest BCUT2D eigenvalue weighted by atomic mass is 19.4. The third-order valence-corrected chi connectivity index (χ3v) is 6.58. The molecule has 0 aliphatic carbocycles. The van der Waals surface area contributed by atoms with Gasteiger partial charge in [-0.3, -0.25) is 0 Å². The minimum atomic E-state index is -4.43. The summed E-state index contributed by atoms with van der Waals surface area (Å²) >= 11 is 0. The number of halogens is 3. The van der Waals surface area contributed by atoms with Gasteiger partial charge in [-0.05, 0) is 43.5 Å². The molecule has 0 radical (unpaired) electrons. The Kier molecular flexibility index (Phi) is 6.94. The van der Waals surface area contributed by atoms with Crippen LogP contribution in [0.5, 0.6) is 0 Å². The van der Waals surface area contributed by atoms with Crippen molar-refractivity contribution in [2.24, 2.45) is 5.92 Å². The number of rotatable bonds is 7. The van der Waals surface area contributed by atoms with Crippen LogP contribution in [0.25, 0.3) is 22.6 Å². The Morgan fingerprint density at radius 1 is 1.05 bits per heavy atom. The average Bonchev–Trinajstić information content (AvgIpc) is 3.20. The maximum Gasteiger partial charge on any atom is 0.416 e. The lowest BCUT2D eigenvalue weighted by molar-refractivity contribution is -0.137. The first-order valence-electron chi connectivity index (χ1n) is 11.8. The van der Waals surface area contributed by atoms with Crippen molar-refractivity contribution in [2.45, 2.75) is 46.5 Å². The summed E-state index contributed by atoms with van der Waals surface area (Å²) in [6.07, 6.45) is -4.43. The van der Waals surface area contributed by atoms with Crippen LogP contribution in [0.4, 0.5) is 19.0 Å². The average molecular weight is 512 g/mol. The van der Waals surface area contributed by atoms with Gasteiger partial charge in [0.25, 0.3) is 0 Å². The number of imidazole rings is 1. The fourth-order valence-corrected chi connectivity index (χ4v) is 4.14. The summed E-state index contributed by atoms with van der Waals surface area (Å²) in [5.74, 6) is -0.515. The molecular formula is C27H28F3N5O2. The molecule has 0 bridgehead atoms. The highest BCUT2D eigenvalue weighted by molar-refractivity contribution is 5.92. The summed E-state index contributed by atoms with van der Waals surface area (Å²) in [7, 11) is 1.83. The van der Waals surface area contributed by atoms with Gasteiger partial charge in [-0.2, -0.15) is 13.2 Å². The Labute approximate surface area is 212 Å². The van der Waals surface area contributed by atoms with Crippen LogP contribution in [-0.2, 0) is 12.7 Å². The molecule has 37 heavy (non-hydrogen) atoms. The van der Waals surface area contributed by atoms with Gasteiger partial charge in [0.05, 0.1) is 5.56 Å². The molecule has 2 aromatic carbocycles. The van der Waals surface area contributed by atoms with E-state index in [-0.39, 0.29) is 30.0 Å². The molecule has 0 fully saturated rings. The lowest BCUT2D eigenvalue weighted by atomic mass is 10.1. The zero-order valence-electron chi connectivity index (χ0n) is 21.2. The van der Waals surface area contributed by atoms with Crippen molar-refractivity contribution in [3.05, 3.63) is 71.0 Å². The third kappa shape index (κ3) is 5.28. The molecule has 1 atom stereocenters. The monoisotopic (exact) mass is 511 g/mol. The van der Waals surface area contributed by atoms with Gasteiger partial charge in [-0.1, -0.05) is 49.7 Å². The molecule has 2 aromatic heterocycles. The summed E-state index contributed by atoms with van der Waals surface area (Å²) in [5, 5.41) is 9.68. The summed E-state index contributed by atoms with van der Waals surface area (Å²) in [4.78, 5) is 27.1. The number of hydrogen-bond donors (Lipinski definition) is 1. The van der Waals surface area contributed by atoms with Crippen LogP contribution in [0.2, 0.25) is 0 Å². The molecule has 0 aliphatic rings. The fourth-order valence-electron chi connectivity index (χ4n) is 4.14. The van der Waals surface area contributed by atoms with Gasteiger partial charge in [-0.25, -0.2) is 19.7 Å². The molecule has 0 spiro atoms. The first kappa shape index (κ1) is 26.1. The number of carbonyl (C=O) groups is 1. The van der Waals surface area contributed by atoms with Crippen LogP contribution >= 0.6 is 0 Å². The SMILES string of the molecule is Cc1cccc(-c2nc3nc(C(=O)O)nc(N(C)C(C)C(C)C)c3n2Cc2ccc(C(F)(F)F)cc2)c1. The maximum atomic E-state index is 13.1. The van der Waals surface area contributed by atoms with Gasteiger partial charge in [0.2, 0.25) is 5.82 Å². The van der Waals surface area contributed by atoms with E-state index in [0.29, 0.717) is 22.7 Å². The number of carboxylic acids is 1. The fraction of sp³-hybridized carbons (Fsp3) is 0.333. The number of aromatic carboxylic acids is 1. The van der Waals surface area contributed by atoms with Crippen LogP contribution < -0.4 is 4.90 Å². The Morgan fingerprint density at radius 3 is 2.30 bits per heavy atom. The molecular weight excluding hydrogens is 483 g/mol. The number of nitrogens with zero attached hydrogens (tertiary/aromatic N) is 5. The van der Waals surface area contributed by atoms with Crippen molar-refractivity contribution >= 4 is 23.0 Å². The maximum absolute atomic E-state index is 13.1. The molecule has 194 valence electrons. The number of carboxylic acid groups (broad SMARTS) is 1. The Morgan fingerprint density at radius 2 is 1.73 bits per heavy atom. The van der Waals surface area contributed by atoms with Gasteiger partial charge >= 0.3 is 12.1 Å². The van der Waals surface area contributed by atoms with E-state index in [0.717, 1.165) is 23.3 Å². The third-order valence-electron chi connectivity index (χ3n) is 6.58. The summed E-state index contributed by atoms with van der Waals surface area (Å²) in [6.45, 7) is 8.24. The zero-order valence-corrected chi connectivity index (χ0v) is 21.2. The van der Waals surface area contributed by atoms with Crippen molar-refractivity contribution < 1.29 is 23.1 Å². The van der Waals surface area contributed by atoms with Crippen LogP contribution in [0, 0.1) is 12.8 Å². The summed E-state index contributed by atoms with van der Waals surface area (Å²) < 4.78 is 41.2. The van der Waals surface area contributed by atoms with E-state index in [2.05, 4.69) is 23.8 Å². The van der Waals surface area contributed by atoms with Crippen LogP contribution in [-0.4, -0.2) is 43.7 Å². The van der Waals surface area contributed by atoms with E-state index in [1.807, 2.05) is 54.6 Å². The number of alkyl halides is 3. The van der Waals surface area contributed by atoms with E-state index in [9.17, 15) is 23.1 Å². The number of aryl methyl sites for hydroxylation is 1. The molecule has 10 heteroatoms. The molecule has 7 nitrogen and oxygen atoms in total. The highest BCUT2D eigenvalue weighted by Gasteiger charge is 2.30. The Balaban J connectivity index is 1.98. The second kappa shape index (κ2) is 9.84. The Hall–Kier alpha value is -3.95. The second-order valence-corrected chi connectivity index (χ2v) is 9.53. The van der Waals surface area contributed by atoms with Crippen molar-refractivity contribution in [1.82, 2.24) is 19.5 Å². The number of fused-ring (bicyclic) bond motifs is 1. The molecule has 0 saturated heterocycles. The number of aromatic nitrogens is 4. The van der Waals surface area contributed by atoms with Gasteiger partial charge in [0.1, 0.15) is 11.3 Å². The molecule has 0 aliphatic heterocycles. The largest absolute Gasteiger partial charge is 0.475 e. The van der Waals surface area contributed by atoms with Crippen molar-refractivity contribution in [2.75, 3.05) is 11.9 Å². The molecule has 2 heterocycles. The van der Waals surface area contributed by atoms with E-state index < -0.39 is 17.7 Å². The number of hydrogen-bond acceptors (Lipinski definition) is 5. The van der Waals surface area contributed by atoms with Crippen molar-refractivity contribution in [3.63, 3.8) is 0 Å². The van der Waals surface area contributed by atoms with Gasteiger partial charge in [0, 0.05) is 25.2 Å². The quantitative estimate of drug-likeness (QED) is 0.325. The molecule has 4 aromatic rings. The van der Waals surface area contributed by atoms with E-state index in [1.165, 1.54) is 12.1 Å². The minimum absolute atomic E-state index is 0.00316. The van der Waals surface area contributed by atoms with E-state index >= 15 is 0 Å². The summed E-state index contributed by atoms with van der Waals surface area (Å²) in [6, 6.07) is 12.6. The normalized spacial score (nSPS) is 12.8. The van der Waals surface area contributed by atoms with Gasteiger partial charge in [-0.15, -0.1) is 0 Å². The van der Waals surface area contributed by atoms with Crippen LogP contribution in [0.3, 0.4) is 0 Å². The van der Waals surface area contributed by atoms with Crippen LogP contribution in [0.1, 0.15) is 48.1 Å². The zero-order chi connectivity index (χ0) is 27.1. The first-order valence-corrected chi connectivity index (χ1v) is 11.8. The Bertz CT molecular complexity index is 1450. The molecule has 0 saturated carbocycles. The number of anilines is 1. The standard InChI is InChI=1S/C27H28F3N5O2/c1-15(2)17(4)34(5)25-21-22(31-23(33-25)26(36)37)32-24(19-8-6-7-16(3)13-19)35(21)14-18-9-11-20(12-10-18)27(28,29)30/h6-13,15,17H,14H2,1-5H3,(H,36,37). The minimum Gasteiger partial charge on any atom is -0.475 e. The first-order chi connectivity index (χ1) is 17.4. The highest BCUT2D eigenvalue weighted by Crippen LogP contribution is 2.33. The second-order valence-electron chi connectivity index (χ2n) is 9.53. The predicted octanol–water partition coefficient (Wildman–Crippen LogP) is 6.05. The van der Waals surface area contributed by atoms with E-state index in [4.69, 9.17) is 4.98 Å². The lowest BCUT2D eigenvalue weighted by Gasteiger charge is -2.29. The lowest BCUT2D eigenvalue weighted by Crippen LogP contribution is -2.34. The van der Waals surface area contributed by atoms with Gasteiger partial charge < -0.3 is 14.6 Å². The van der Waals surface area contributed by atoms with Crippen LogP contribution in [0.15, 0.2) is 48.5 Å².